The highest BCUT2D eigenvalue weighted by Gasteiger charge is 2.33. The minimum atomic E-state index is -4.53. The van der Waals surface area contributed by atoms with Gasteiger partial charge in [-0.15, -0.1) is 10.2 Å². The average Bonchev–Trinajstić information content (AvgIpc) is 2.77. The molecule has 0 unspecified atom stereocenters. The average molecular weight is 312 g/mol. The molecule has 0 amide bonds. The number of rotatable bonds is 2. The number of hydrogen-bond donors (Lipinski definition) is 2. The molecule has 0 bridgehead atoms. The van der Waals surface area contributed by atoms with E-state index in [0.29, 0.717) is 5.69 Å². The van der Waals surface area contributed by atoms with E-state index >= 15 is 0 Å². The van der Waals surface area contributed by atoms with E-state index in [-0.39, 0.29) is 11.4 Å². The summed E-state index contributed by atoms with van der Waals surface area (Å²) < 4.78 is 38.7. The highest BCUT2D eigenvalue weighted by atomic mass is 19.4. The Morgan fingerprint density at radius 3 is 2.23 bits per heavy atom. The Balaban J connectivity index is 2.48. The molecule has 0 aliphatic rings. The fraction of sp³-hybridized carbons (Fsp3) is 0.357. The van der Waals surface area contributed by atoms with Crippen LogP contribution in [0.15, 0.2) is 39.3 Å². The first kappa shape index (κ1) is 16.0. The number of hydrogen-bond acceptors (Lipinski definition) is 3. The lowest BCUT2D eigenvalue weighted by Crippen LogP contribution is -2.12. The Morgan fingerprint density at radius 1 is 1.00 bits per heavy atom. The quantitative estimate of drug-likeness (QED) is 0.791. The summed E-state index contributed by atoms with van der Waals surface area (Å²) in [5.74, 6) is 0. The van der Waals surface area contributed by atoms with Gasteiger partial charge in [-0.25, -0.2) is 0 Å². The second-order valence-electron chi connectivity index (χ2n) is 5.77. The zero-order valence-electron chi connectivity index (χ0n) is 12.2. The van der Waals surface area contributed by atoms with Crippen molar-refractivity contribution in [3.05, 3.63) is 45.9 Å². The molecule has 0 saturated heterocycles. The van der Waals surface area contributed by atoms with E-state index < -0.39 is 22.7 Å². The number of nitrogens with zero attached hydrogens (tertiary/aromatic N) is 2. The fourth-order valence-electron chi connectivity index (χ4n) is 1.89. The Morgan fingerprint density at radius 2 is 1.64 bits per heavy atom. The van der Waals surface area contributed by atoms with Gasteiger partial charge in [0.1, 0.15) is 0 Å². The van der Waals surface area contributed by atoms with Crippen molar-refractivity contribution < 1.29 is 13.2 Å². The van der Waals surface area contributed by atoms with Crippen molar-refractivity contribution in [3.63, 3.8) is 0 Å². The summed E-state index contributed by atoms with van der Waals surface area (Å²) in [5.41, 5.74) is -1.75. The van der Waals surface area contributed by atoms with E-state index in [4.69, 9.17) is 0 Å². The lowest BCUT2D eigenvalue weighted by atomic mass is 9.91. The molecule has 1 aromatic carbocycles. The number of benzene rings is 1. The van der Waals surface area contributed by atoms with E-state index in [2.05, 4.69) is 20.4 Å². The molecular formula is C14H15F3N4O. The SMILES string of the molecule is CC(C)(C)c1[nH][nH]c(=O)c1N=Nc1ccccc1C(F)(F)F. The van der Waals surface area contributed by atoms with Gasteiger partial charge >= 0.3 is 6.18 Å². The molecular weight excluding hydrogens is 297 g/mol. The molecule has 0 fully saturated rings. The first-order valence-corrected chi connectivity index (χ1v) is 6.50. The Bertz CT molecular complexity index is 750. The van der Waals surface area contributed by atoms with Gasteiger partial charge in [0, 0.05) is 5.41 Å². The molecule has 22 heavy (non-hydrogen) atoms. The normalized spacial score (nSPS) is 13.0. The molecule has 0 saturated carbocycles. The Labute approximate surface area is 124 Å². The lowest BCUT2D eigenvalue weighted by molar-refractivity contribution is -0.137. The van der Waals surface area contributed by atoms with Crippen molar-refractivity contribution in [3.8, 4) is 0 Å². The van der Waals surface area contributed by atoms with E-state index in [1.54, 1.807) is 0 Å². The number of nitrogens with one attached hydrogen (secondary N) is 2. The van der Waals surface area contributed by atoms with Crippen LogP contribution in [-0.2, 0) is 11.6 Å². The van der Waals surface area contributed by atoms with Gasteiger partial charge in [0.05, 0.1) is 16.9 Å². The van der Waals surface area contributed by atoms with Crippen molar-refractivity contribution in [1.29, 1.82) is 0 Å². The molecule has 2 N–H and O–H groups in total. The van der Waals surface area contributed by atoms with Crippen LogP contribution in [0.1, 0.15) is 32.0 Å². The Hall–Kier alpha value is -2.38. The minimum absolute atomic E-state index is 0.0236. The second kappa shape index (κ2) is 5.43. The largest absolute Gasteiger partial charge is 0.418 e. The number of H-pyrrole nitrogens is 2. The van der Waals surface area contributed by atoms with Gasteiger partial charge in [0.15, 0.2) is 5.69 Å². The lowest BCUT2D eigenvalue weighted by Gasteiger charge is -2.16. The van der Waals surface area contributed by atoms with Crippen LogP contribution in [0.2, 0.25) is 0 Å². The van der Waals surface area contributed by atoms with Crippen molar-refractivity contribution in [2.24, 2.45) is 10.2 Å². The van der Waals surface area contributed by atoms with Crippen LogP contribution in [0.4, 0.5) is 24.5 Å². The van der Waals surface area contributed by atoms with E-state index in [1.807, 2.05) is 20.8 Å². The smallest absolute Gasteiger partial charge is 0.299 e. The molecule has 0 spiro atoms. The maximum absolute atomic E-state index is 12.9. The topological polar surface area (TPSA) is 73.4 Å². The van der Waals surface area contributed by atoms with Crippen LogP contribution in [0, 0.1) is 0 Å². The molecule has 0 atom stereocenters. The summed E-state index contributed by atoms with van der Waals surface area (Å²) in [7, 11) is 0. The van der Waals surface area contributed by atoms with Gasteiger partial charge in [0.2, 0.25) is 0 Å². The highest BCUT2D eigenvalue weighted by Crippen LogP contribution is 2.37. The summed E-state index contributed by atoms with van der Waals surface area (Å²) in [5, 5.41) is 12.4. The van der Waals surface area contributed by atoms with Gasteiger partial charge in [-0.2, -0.15) is 13.2 Å². The summed E-state index contributed by atoms with van der Waals surface area (Å²) in [6, 6.07) is 4.81. The third kappa shape index (κ3) is 3.26. The number of aromatic nitrogens is 2. The molecule has 1 heterocycles. The first-order chi connectivity index (χ1) is 10.1. The van der Waals surface area contributed by atoms with Crippen LogP contribution >= 0.6 is 0 Å². The minimum Gasteiger partial charge on any atom is -0.299 e. The molecule has 1 aromatic heterocycles. The number of alkyl halides is 3. The molecule has 0 aliphatic heterocycles. The fourth-order valence-corrected chi connectivity index (χ4v) is 1.89. The van der Waals surface area contributed by atoms with Crippen LogP contribution in [-0.4, -0.2) is 10.2 Å². The van der Waals surface area contributed by atoms with Crippen molar-refractivity contribution in [2.75, 3.05) is 0 Å². The van der Waals surface area contributed by atoms with Crippen molar-refractivity contribution in [1.82, 2.24) is 10.2 Å². The molecule has 118 valence electrons. The van der Waals surface area contributed by atoms with Gasteiger partial charge in [0.25, 0.3) is 5.56 Å². The maximum atomic E-state index is 12.9. The summed E-state index contributed by atoms with van der Waals surface area (Å²) >= 11 is 0. The van der Waals surface area contributed by atoms with Crippen LogP contribution < -0.4 is 5.56 Å². The highest BCUT2D eigenvalue weighted by molar-refractivity contribution is 5.49. The molecule has 2 rings (SSSR count). The molecule has 0 radical (unpaired) electrons. The number of azo groups is 1. The van der Waals surface area contributed by atoms with Crippen LogP contribution in [0.5, 0.6) is 0 Å². The third-order valence-corrected chi connectivity index (χ3v) is 2.97. The first-order valence-electron chi connectivity index (χ1n) is 6.50. The third-order valence-electron chi connectivity index (χ3n) is 2.97. The van der Waals surface area contributed by atoms with E-state index in [0.717, 1.165) is 6.07 Å². The predicted octanol–water partition coefficient (Wildman–Crippen LogP) is 4.43. The zero-order valence-corrected chi connectivity index (χ0v) is 12.2. The summed E-state index contributed by atoms with van der Waals surface area (Å²) in [6.07, 6.45) is -4.53. The molecule has 5 nitrogen and oxygen atoms in total. The Kier molecular flexibility index (Phi) is 3.95. The molecule has 8 heteroatoms. The monoisotopic (exact) mass is 312 g/mol. The molecule has 0 aliphatic carbocycles. The van der Waals surface area contributed by atoms with Crippen molar-refractivity contribution in [2.45, 2.75) is 32.4 Å². The zero-order chi connectivity index (χ0) is 16.5. The molecule has 2 aromatic rings. The number of aromatic amines is 2. The standard InChI is InChI=1S/C14H15F3N4O/c1-13(2,3)11-10(12(22)21-20-11)19-18-9-7-5-4-6-8(9)14(15,16)17/h4-7H,1-3H3,(H2,20,21,22). The summed E-state index contributed by atoms with van der Waals surface area (Å²) in [4.78, 5) is 11.7. The van der Waals surface area contributed by atoms with Gasteiger partial charge in [-0.3, -0.25) is 15.0 Å². The second-order valence-corrected chi connectivity index (χ2v) is 5.77. The van der Waals surface area contributed by atoms with E-state index in [9.17, 15) is 18.0 Å². The van der Waals surface area contributed by atoms with Gasteiger partial charge in [-0.05, 0) is 12.1 Å². The van der Waals surface area contributed by atoms with E-state index in [1.165, 1.54) is 18.2 Å². The van der Waals surface area contributed by atoms with Gasteiger partial charge < -0.3 is 0 Å². The summed E-state index contributed by atoms with van der Waals surface area (Å²) in [6.45, 7) is 5.53. The van der Waals surface area contributed by atoms with Crippen LogP contribution in [0.25, 0.3) is 0 Å². The predicted molar refractivity (Wildman–Crippen MR) is 75.7 cm³/mol. The van der Waals surface area contributed by atoms with Crippen LogP contribution in [0.3, 0.4) is 0 Å². The van der Waals surface area contributed by atoms with Crippen molar-refractivity contribution >= 4 is 11.4 Å². The maximum Gasteiger partial charge on any atom is 0.418 e. The number of halogens is 3. The van der Waals surface area contributed by atoms with Gasteiger partial charge in [-0.1, -0.05) is 32.9 Å².